The van der Waals surface area contributed by atoms with Crippen LogP contribution in [0.1, 0.15) is 5.56 Å². The molecule has 0 aromatic heterocycles. The molecule has 2 aromatic rings. The Morgan fingerprint density at radius 1 is 1.18 bits per heavy atom. The molecule has 1 saturated heterocycles. The van der Waals surface area contributed by atoms with Crippen LogP contribution in [0.4, 0.5) is 0 Å². The fourth-order valence-corrected chi connectivity index (χ4v) is 2.45. The van der Waals surface area contributed by atoms with Crippen molar-refractivity contribution >= 4 is 29.2 Å². The summed E-state index contributed by atoms with van der Waals surface area (Å²) in [5.41, 5.74) is -0.384. The Hall–Kier alpha value is -1.75. The molecule has 3 rings (SSSR count). The number of benzene rings is 2. The second-order valence-electron chi connectivity index (χ2n) is 4.81. The van der Waals surface area contributed by atoms with E-state index in [4.69, 9.17) is 37.4 Å². The highest BCUT2D eigenvalue weighted by molar-refractivity contribution is 6.32. The van der Waals surface area contributed by atoms with Gasteiger partial charge in [0, 0.05) is 5.02 Å². The van der Waals surface area contributed by atoms with Gasteiger partial charge in [0.05, 0.1) is 18.7 Å². The predicted molar refractivity (Wildman–Crippen MR) is 82.6 cm³/mol. The van der Waals surface area contributed by atoms with Crippen molar-refractivity contribution in [3.8, 4) is 11.5 Å². The minimum Gasteiger partial charge on any atom is -0.467 e. The van der Waals surface area contributed by atoms with Crippen LogP contribution in [0.15, 0.2) is 42.5 Å². The van der Waals surface area contributed by atoms with Crippen LogP contribution in [-0.4, -0.2) is 19.7 Å². The maximum Gasteiger partial charge on any atom is 0.345 e. The van der Waals surface area contributed by atoms with E-state index in [0.29, 0.717) is 27.1 Å². The molecule has 1 fully saturated rings. The summed E-state index contributed by atoms with van der Waals surface area (Å²) in [7, 11) is 1.32. The molecule has 2 aromatic carbocycles. The SMILES string of the molecule is COC(=O)C1(c2ccc(Oc3ccc(Cl)cc3)c(Cl)c2)CO1. The van der Waals surface area contributed by atoms with Crippen LogP contribution in [0.3, 0.4) is 0 Å². The second-order valence-corrected chi connectivity index (χ2v) is 5.65. The fourth-order valence-electron chi connectivity index (χ4n) is 2.10. The first kappa shape index (κ1) is 15.2. The molecule has 0 saturated carbocycles. The molecule has 0 amide bonds. The third kappa shape index (κ3) is 2.77. The molecule has 0 bridgehead atoms. The van der Waals surface area contributed by atoms with Gasteiger partial charge in [0.25, 0.3) is 0 Å². The summed E-state index contributed by atoms with van der Waals surface area (Å²) in [6.45, 7) is 0.285. The van der Waals surface area contributed by atoms with Gasteiger partial charge >= 0.3 is 5.97 Å². The van der Waals surface area contributed by atoms with Crippen LogP contribution in [0.25, 0.3) is 0 Å². The number of halogens is 2. The molecule has 1 aliphatic rings. The molecule has 0 N–H and O–H groups in total. The number of carbonyl (C=O) groups excluding carboxylic acids is 1. The van der Waals surface area contributed by atoms with Gasteiger partial charge in [-0.15, -0.1) is 0 Å². The smallest absolute Gasteiger partial charge is 0.345 e. The van der Waals surface area contributed by atoms with Crippen molar-refractivity contribution in [3.63, 3.8) is 0 Å². The van der Waals surface area contributed by atoms with Gasteiger partial charge in [0.2, 0.25) is 5.60 Å². The molecule has 0 aliphatic carbocycles. The number of hydrogen-bond donors (Lipinski definition) is 0. The average Bonchev–Trinajstić information content (AvgIpc) is 3.32. The van der Waals surface area contributed by atoms with Gasteiger partial charge in [0.15, 0.2) is 0 Å². The largest absolute Gasteiger partial charge is 0.467 e. The molecule has 0 spiro atoms. The lowest BCUT2D eigenvalue weighted by molar-refractivity contribution is -0.147. The lowest BCUT2D eigenvalue weighted by atomic mass is 10.00. The molecule has 1 heterocycles. The second kappa shape index (κ2) is 5.80. The molecule has 114 valence electrons. The molecule has 1 aliphatic heterocycles. The lowest BCUT2D eigenvalue weighted by Crippen LogP contribution is -2.23. The monoisotopic (exact) mass is 338 g/mol. The van der Waals surface area contributed by atoms with Crippen LogP contribution < -0.4 is 4.74 Å². The van der Waals surface area contributed by atoms with E-state index in [9.17, 15) is 4.79 Å². The molecule has 0 radical (unpaired) electrons. The van der Waals surface area contributed by atoms with Crippen molar-refractivity contribution in [2.75, 3.05) is 13.7 Å². The van der Waals surface area contributed by atoms with Gasteiger partial charge in [-0.25, -0.2) is 4.79 Å². The minimum absolute atomic E-state index is 0.285. The number of esters is 1. The number of rotatable bonds is 4. The molecule has 22 heavy (non-hydrogen) atoms. The summed E-state index contributed by atoms with van der Waals surface area (Å²) in [6.07, 6.45) is 0. The first-order valence-corrected chi connectivity index (χ1v) is 7.26. The normalized spacial score (nSPS) is 19.6. The van der Waals surface area contributed by atoms with Gasteiger partial charge < -0.3 is 14.2 Å². The van der Waals surface area contributed by atoms with E-state index < -0.39 is 11.6 Å². The molecule has 1 atom stereocenters. The quantitative estimate of drug-likeness (QED) is 0.619. The van der Waals surface area contributed by atoms with Gasteiger partial charge in [-0.3, -0.25) is 0 Å². The number of hydrogen-bond acceptors (Lipinski definition) is 4. The van der Waals surface area contributed by atoms with Crippen molar-refractivity contribution in [2.45, 2.75) is 5.60 Å². The fraction of sp³-hybridized carbons (Fsp3) is 0.188. The van der Waals surface area contributed by atoms with E-state index in [1.54, 1.807) is 42.5 Å². The Balaban J connectivity index is 1.84. The Bertz CT molecular complexity index is 709. The molecular formula is C16H12Cl2O4. The van der Waals surface area contributed by atoms with E-state index in [1.807, 2.05) is 0 Å². The number of methoxy groups -OCH3 is 1. The topological polar surface area (TPSA) is 48.1 Å². The highest BCUT2D eigenvalue weighted by atomic mass is 35.5. The summed E-state index contributed by atoms with van der Waals surface area (Å²) in [5.74, 6) is 0.660. The highest BCUT2D eigenvalue weighted by Crippen LogP contribution is 2.42. The Kier molecular flexibility index (Phi) is 4.00. The Morgan fingerprint density at radius 3 is 2.41 bits per heavy atom. The van der Waals surface area contributed by atoms with E-state index in [0.717, 1.165) is 0 Å². The standard InChI is InChI=1S/C16H12Cl2O4/c1-20-15(19)16(9-21-16)10-2-7-14(13(18)8-10)22-12-5-3-11(17)4-6-12/h2-8H,9H2,1H3. The van der Waals surface area contributed by atoms with Crippen molar-refractivity contribution in [2.24, 2.45) is 0 Å². The first-order valence-electron chi connectivity index (χ1n) is 6.51. The van der Waals surface area contributed by atoms with E-state index in [-0.39, 0.29) is 6.61 Å². The lowest BCUT2D eigenvalue weighted by Gasteiger charge is -2.12. The zero-order valence-corrected chi connectivity index (χ0v) is 13.1. The summed E-state index contributed by atoms with van der Waals surface area (Å²) in [5, 5.41) is 1.01. The van der Waals surface area contributed by atoms with Crippen molar-refractivity contribution in [1.29, 1.82) is 0 Å². The summed E-state index contributed by atoms with van der Waals surface area (Å²) < 4.78 is 15.7. The van der Waals surface area contributed by atoms with Crippen LogP contribution >= 0.6 is 23.2 Å². The summed E-state index contributed by atoms with van der Waals surface area (Å²) in [4.78, 5) is 11.8. The molecule has 4 nitrogen and oxygen atoms in total. The third-order valence-corrected chi connectivity index (χ3v) is 3.94. The molecule has 1 unspecified atom stereocenters. The first-order chi connectivity index (χ1) is 10.5. The molecular weight excluding hydrogens is 327 g/mol. The van der Waals surface area contributed by atoms with Crippen LogP contribution in [-0.2, 0) is 19.9 Å². The van der Waals surface area contributed by atoms with Crippen molar-refractivity contribution in [1.82, 2.24) is 0 Å². The van der Waals surface area contributed by atoms with E-state index in [1.165, 1.54) is 7.11 Å². The summed E-state index contributed by atoms with van der Waals surface area (Å²) >= 11 is 12.1. The van der Waals surface area contributed by atoms with Gasteiger partial charge in [-0.05, 0) is 42.0 Å². The molecule has 6 heteroatoms. The minimum atomic E-state index is -1.03. The van der Waals surface area contributed by atoms with Crippen molar-refractivity contribution < 1.29 is 19.0 Å². The third-order valence-electron chi connectivity index (χ3n) is 3.39. The number of epoxide rings is 1. The number of ether oxygens (including phenoxy) is 3. The maximum absolute atomic E-state index is 11.8. The Morgan fingerprint density at radius 2 is 1.86 bits per heavy atom. The zero-order valence-electron chi connectivity index (χ0n) is 11.6. The van der Waals surface area contributed by atoms with Crippen LogP contribution in [0.5, 0.6) is 11.5 Å². The van der Waals surface area contributed by atoms with Crippen LogP contribution in [0, 0.1) is 0 Å². The average molecular weight is 339 g/mol. The van der Waals surface area contributed by atoms with Gasteiger partial charge in [-0.2, -0.15) is 0 Å². The van der Waals surface area contributed by atoms with Gasteiger partial charge in [-0.1, -0.05) is 29.3 Å². The van der Waals surface area contributed by atoms with Gasteiger partial charge in [0.1, 0.15) is 11.5 Å². The number of carbonyl (C=O) groups is 1. The van der Waals surface area contributed by atoms with Crippen LogP contribution in [0.2, 0.25) is 10.0 Å². The summed E-state index contributed by atoms with van der Waals surface area (Å²) in [6, 6.07) is 12.0. The predicted octanol–water partition coefficient (Wildman–Crippen LogP) is 4.18. The zero-order chi connectivity index (χ0) is 15.7. The van der Waals surface area contributed by atoms with E-state index in [2.05, 4.69) is 0 Å². The highest BCUT2D eigenvalue weighted by Gasteiger charge is 2.55. The van der Waals surface area contributed by atoms with Crippen molar-refractivity contribution in [3.05, 3.63) is 58.1 Å². The van der Waals surface area contributed by atoms with E-state index >= 15 is 0 Å². The Labute approximate surface area is 137 Å². The maximum atomic E-state index is 11.8.